The molecule has 0 saturated carbocycles. The molecule has 2 aliphatic rings. The molecule has 1 N–H and O–H groups in total. The van der Waals surface area contributed by atoms with Crippen LogP contribution in [0.5, 0.6) is 0 Å². The first kappa shape index (κ1) is 16.6. The van der Waals surface area contributed by atoms with Crippen molar-refractivity contribution in [1.82, 2.24) is 30.1 Å². The van der Waals surface area contributed by atoms with Crippen molar-refractivity contribution in [3.05, 3.63) is 40.9 Å². The number of carbonyl (C=O) groups excluding carboxylic acids is 1. The fourth-order valence-electron chi connectivity index (χ4n) is 3.83. The molecule has 1 saturated heterocycles. The summed E-state index contributed by atoms with van der Waals surface area (Å²) in [6, 6.07) is 5.65. The van der Waals surface area contributed by atoms with Crippen molar-refractivity contribution >= 4 is 17.2 Å². The van der Waals surface area contributed by atoms with Crippen molar-refractivity contribution < 1.29 is 9.32 Å². The summed E-state index contributed by atoms with van der Waals surface area (Å²) in [7, 11) is 0. The highest BCUT2D eigenvalue weighted by Crippen LogP contribution is 2.29. The first-order chi connectivity index (χ1) is 13.3. The van der Waals surface area contributed by atoms with E-state index >= 15 is 0 Å². The van der Waals surface area contributed by atoms with Gasteiger partial charge in [-0.3, -0.25) is 4.79 Å². The summed E-state index contributed by atoms with van der Waals surface area (Å²) in [6.07, 6.45) is 1.79. The third-order valence-electron chi connectivity index (χ3n) is 5.29. The van der Waals surface area contributed by atoms with Gasteiger partial charge in [0.05, 0.1) is 11.4 Å². The van der Waals surface area contributed by atoms with E-state index in [-0.39, 0.29) is 5.91 Å². The predicted molar refractivity (Wildman–Crippen MR) is 99.4 cm³/mol. The van der Waals surface area contributed by atoms with Crippen molar-refractivity contribution in [2.45, 2.75) is 31.8 Å². The normalized spacial score (nSPS) is 17.9. The second-order valence-electron chi connectivity index (χ2n) is 6.92. The van der Waals surface area contributed by atoms with Crippen LogP contribution in [-0.4, -0.2) is 50.4 Å². The van der Waals surface area contributed by atoms with Crippen molar-refractivity contribution in [3.8, 4) is 10.6 Å². The number of hydrogen-bond donors (Lipinski definition) is 1. The lowest BCUT2D eigenvalue weighted by molar-refractivity contribution is 0.0699. The van der Waals surface area contributed by atoms with E-state index in [1.54, 1.807) is 17.4 Å². The van der Waals surface area contributed by atoms with Crippen LogP contribution < -0.4 is 5.32 Å². The van der Waals surface area contributed by atoms with Gasteiger partial charge in [0, 0.05) is 38.2 Å². The van der Waals surface area contributed by atoms with Crippen LogP contribution in [0.3, 0.4) is 0 Å². The highest BCUT2D eigenvalue weighted by atomic mass is 32.1. The van der Waals surface area contributed by atoms with Gasteiger partial charge < -0.3 is 19.3 Å². The lowest BCUT2D eigenvalue weighted by atomic mass is 9.95. The molecule has 140 valence electrons. The summed E-state index contributed by atoms with van der Waals surface area (Å²) < 4.78 is 7.59. The summed E-state index contributed by atoms with van der Waals surface area (Å²) in [4.78, 5) is 15.6. The first-order valence-electron chi connectivity index (χ1n) is 9.22. The van der Waals surface area contributed by atoms with E-state index in [2.05, 4.69) is 25.2 Å². The minimum atomic E-state index is -0.0625. The minimum absolute atomic E-state index is 0.0625. The highest BCUT2D eigenvalue weighted by Gasteiger charge is 2.30. The fourth-order valence-corrected chi connectivity index (χ4v) is 4.50. The van der Waals surface area contributed by atoms with E-state index in [1.807, 2.05) is 22.4 Å². The molecule has 9 heteroatoms. The second kappa shape index (κ2) is 6.90. The molecule has 0 bridgehead atoms. The summed E-state index contributed by atoms with van der Waals surface area (Å²) in [5, 5.41) is 18.0. The molecule has 8 nitrogen and oxygen atoms in total. The summed E-state index contributed by atoms with van der Waals surface area (Å²) in [5.74, 6) is 3.02. The molecule has 5 heterocycles. The molecule has 0 atom stereocenters. The molecule has 0 aromatic carbocycles. The lowest BCUT2D eigenvalue weighted by Crippen LogP contribution is -2.39. The Morgan fingerprint density at radius 3 is 2.96 bits per heavy atom. The van der Waals surface area contributed by atoms with Crippen LogP contribution in [0.4, 0.5) is 0 Å². The monoisotopic (exact) mass is 384 g/mol. The van der Waals surface area contributed by atoms with Gasteiger partial charge >= 0.3 is 0 Å². The van der Waals surface area contributed by atoms with E-state index in [9.17, 15) is 4.79 Å². The van der Waals surface area contributed by atoms with Gasteiger partial charge in [0.15, 0.2) is 11.5 Å². The zero-order valence-electron chi connectivity index (χ0n) is 14.8. The summed E-state index contributed by atoms with van der Waals surface area (Å²) in [5.41, 5.74) is 0.378. The van der Waals surface area contributed by atoms with Crippen LogP contribution >= 0.6 is 11.3 Å². The molecular weight excluding hydrogens is 364 g/mol. The predicted octanol–water partition coefficient (Wildman–Crippen LogP) is 2.12. The Morgan fingerprint density at radius 2 is 2.15 bits per heavy atom. The molecule has 1 fully saturated rings. The van der Waals surface area contributed by atoms with Crippen molar-refractivity contribution in [1.29, 1.82) is 0 Å². The minimum Gasteiger partial charge on any atom is -0.355 e. The van der Waals surface area contributed by atoms with Gasteiger partial charge in [0.2, 0.25) is 0 Å². The van der Waals surface area contributed by atoms with Crippen LogP contribution in [0.1, 0.15) is 40.9 Å². The average Bonchev–Trinajstić information content (AvgIpc) is 3.47. The van der Waals surface area contributed by atoms with Crippen LogP contribution in [-0.2, 0) is 13.1 Å². The Kier molecular flexibility index (Phi) is 4.25. The third kappa shape index (κ3) is 3.06. The number of likely N-dealkylation sites (tertiary alicyclic amines) is 1. The average molecular weight is 384 g/mol. The third-order valence-corrected chi connectivity index (χ3v) is 6.18. The molecular formula is C18H20N6O2S. The summed E-state index contributed by atoms with van der Waals surface area (Å²) in [6.45, 7) is 4.05. The van der Waals surface area contributed by atoms with Crippen LogP contribution in [0, 0.1) is 0 Å². The Balaban J connectivity index is 1.25. The molecule has 0 unspecified atom stereocenters. The number of hydrogen-bond acceptors (Lipinski definition) is 7. The van der Waals surface area contributed by atoms with E-state index in [0.717, 1.165) is 49.0 Å². The zero-order valence-corrected chi connectivity index (χ0v) is 15.6. The maximum Gasteiger partial charge on any atom is 0.276 e. The van der Waals surface area contributed by atoms with Gasteiger partial charge in [-0.25, -0.2) is 0 Å². The Bertz CT molecular complexity index is 939. The Morgan fingerprint density at radius 1 is 1.26 bits per heavy atom. The number of carbonyl (C=O) groups is 1. The van der Waals surface area contributed by atoms with Crippen LogP contribution in [0.15, 0.2) is 28.1 Å². The van der Waals surface area contributed by atoms with E-state index in [0.29, 0.717) is 30.5 Å². The number of nitrogens with one attached hydrogen (secondary N) is 1. The SMILES string of the molecule is O=C(c1cc(-c2cccs2)on1)N1CCC(c2nnc3n2CCNC3)CC1. The Hall–Kier alpha value is -2.52. The molecule has 3 aromatic rings. The maximum absolute atomic E-state index is 12.8. The first-order valence-corrected chi connectivity index (χ1v) is 10.1. The molecule has 5 rings (SSSR count). The van der Waals surface area contributed by atoms with Gasteiger partial charge in [0.25, 0.3) is 5.91 Å². The standard InChI is InChI=1S/C18H20N6O2S/c25-18(13-10-14(26-22-13)15-2-1-9-27-15)23-6-3-12(4-7-23)17-21-20-16-11-19-5-8-24(16)17/h1-2,9-10,12,19H,3-8,11H2. The summed E-state index contributed by atoms with van der Waals surface area (Å²) >= 11 is 1.57. The number of rotatable bonds is 3. The van der Waals surface area contributed by atoms with Crippen molar-refractivity contribution in [2.75, 3.05) is 19.6 Å². The molecule has 2 aliphatic heterocycles. The second-order valence-corrected chi connectivity index (χ2v) is 7.87. The number of piperidine rings is 1. The van der Waals surface area contributed by atoms with Gasteiger partial charge in [-0.05, 0) is 24.3 Å². The number of fused-ring (bicyclic) bond motifs is 1. The largest absolute Gasteiger partial charge is 0.355 e. The van der Waals surface area contributed by atoms with Gasteiger partial charge in [-0.2, -0.15) is 0 Å². The molecule has 0 spiro atoms. The zero-order chi connectivity index (χ0) is 18.2. The topological polar surface area (TPSA) is 89.1 Å². The molecule has 0 radical (unpaired) electrons. The number of aromatic nitrogens is 4. The quantitative estimate of drug-likeness (QED) is 0.744. The van der Waals surface area contributed by atoms with Gasteiger partial charge in [-0.1, -0.05) is 11.2 Å². The van der Waals surface area contributed by atoms with Crippen LogP contribution in [0.2, 0.25) is 0 Å². The molecule has 3 aromatic heterocycles. The highest BCUT2D eigenvalue weighted by molar-refractivity contribution is 7.13. The number of amides is 1. The number of nitrogens with zero attached hydrogens (tertiary/aromatic N) is 5. The molecule has 27 heavy (non-hydrogen) atoms. The van der Waals surface area contributed by atoms with E-state index in [1.165, 1.54) is 0 Å². The fraction of sp³-hybridized carbons (Fsp3) is 0.444. The van der Waals surface area contributed by atoms with E-state index in [4.69, 9.17) is 4.52 Å². The lowest BCUT2D eigenvalue weighted by Gasteiger charge is -2.31. The van der Waals surface area contributed by atoms with Crippen molar-refractivity contribution in [2.24, 2.45) is 0 Å². The van der Waals surface area contributed by atoms with Gasteiger partial charge in [0.1, 0.15) is 11.6 Å². The van der Waals surface area contributed by atoms with Crippen LogP contribution in [0.25, 0.3) is 10.6 Å². The van der Waals surface area contributed by atoms with Crippen molar-refractivity contribution in [3.63, 3.8) is 0 Å². The molecule has 1 amide bonds. The van der Waals surface area contributed by atoms with E-state index < -0.39 is 0 Å². The molecule has 0 aliphatic carbocycles. The number of thiophene rings is 1. The Labute approximate surface area is 160 Å². The maximum atomic E-state index is 12.8. The smallest absolute Gasteiger partial charge is 0.276 e. The van der Waals surface area contributed by atoms with Gasteiger partial charge in [-0.15, -0.1) is 21.5 Å².